The van der Waals surface area contributed by atoms with Crippen LogP contribution in [0.15, 0.2) is 42.5 Å². The third-order valence-electron chi connectivity index (χ3n) is 4.40. The molecule has 0 aromatic heterocycles. The third kappa shape index (κ3) is 6.52. The zero-order valence-corrected chi connectivity index (χ0v) is 17.4. The number of methoxy groups -OCH3 is 1. The van der Waals surface area contributed by atoms with E-state index >= 15 is 0 Å². The lowest BCUT2D eigenvalue weighted by atomic mass is 10.0. The summed E-state index contributed by atoms with van der Waals surface area (Å²) in [7, 11) is 1.19. The predicted octanol–water partition coefficient (Wildman–Crippen LogP) is 5.05. The van der Waals surface area contributed by atoms with Gasteiger partial charge in [-0.05, 0) is 43.0 Å². The third-order valence-corrected chi connectivity index (χ3v) is 4.40. The van der Waals surface area contributed by atoms with Gasteiger partial charge in [-0.25, -0.2) is 9.59 Å². The zero-order valence-electron chi connectivity index (χ0n) is 17.4. The molecule has 2 aromatic rings. The highest BCUT2D eigenvalue weighted by molar-refractivity contribution is 5.79. The largest absolute Gasteiger partial charge is 0.509 e. The molecule has 156 valence electrons. The Morgan fingerprint density at radius 1 is 1.07 bits per heavy atom. The minimum atomic E-state index is -1.22. The number of esters is 1. The average Bonchev–Trinajstić information content (AvgIpc) is 2.72. The van der Waals surface area contributed by atoms with Crippen molar-refractivity contribution in [2.45, 2.75) is 46.3 Å². The van der Waals surface area contributed by atoms with Crippen molar-refractivity contribution >= 4 is 12.1 Å². The SMILES string of the molecule is CCCCOC(=O)C(OC(=O)OC)c1ccccc1COc1cc(C)ccc1C. The maximum atomic E-state index is 12.6. The molecule has 0 spiro atoms. The topological polar surface area (TPSA) is 71.1 Å². The molecule has 0 saturated carbocycles. The van der Waals surface area contributed by atoms with Crippen LogP contribution in [0.3, 0.4) is 0 Å². The summed E-state index contributed by atoms with van der Waals surface area (Å²) in [6.07, 6.45) is -0.560. The van der Waals surface area contributed by atoms with Crippen LogP contribution < -0.4 is 4.74 Å². The molecule has 0 heterocycles. The van der Waals surface area contributed by atoms with Crippen LogP contribution in [0.1, 0.15) is 48.1 Å². The van der Waals surface area contributed by atoms with Crippen LogP contribution in [0, 0.1) is 13.8 Å². The molecule has 29 heavy (non-hydrogen) atoms. The van der Waals surface area contributed by atoms with Crippen molar-refractivity contribution in [3.05, 3.63) is 64.7 Å². The summed E-state index contributed by atoms with van der Waals surface area (Å²) in [5.41, 5.74) is 3.32. The number of hydrogen-bond donors (Lipinski definition) is 0. The lowest BCUT2D eigenvalue weighted by Gasteiger charge is -2.20. The number of aryl methyl sites for hydroxylation is 2. The Labute approximate surface area is 171 Å². The van der Waals surface area contributed by atoms with E-state index in [0.29, 0.717) is 5.56 Å². The van der Waals surface area contributed by atoms with E-state index < -0.39 is 18.2 Å². The van der Waals surface area contributed by atoms with Gasteiger partial charge in [-0.3, -0.25) is 0 Å². The minimum absolute atomic E-state index is 0.212. The van der Waals surface area contributed by atoms with Gasteiger partial charge in [0.1, 0.15) is 12.4 Å². The van der Waals surface area contributed by atoms with Gasteiger partial charge in [0, 0.05) is 5.56 Å². The Morgan fingerprint density at radius 3 is 2.55 bits per heavy atom. The second-order valence-electron chi connectivity index (χ2n) is 6.73. The molecule has 0 aliphatic rings. The number of carbonyl (C=O) groups excluding carboxylic acids is 2. The maximum absolute atomic E-state index is 12.6. The fraction of sp³-hybridized carbons (Fsp3) is 0.391. The van der Waals surface area contributed by atoms with E-state index in [-0.39, 0.29) is 13.2 Å². The van der Waals surface area contributed by atoms with Crippen molar-refractivity contribution in [3.8, 4) is 5.75 Å². The van der Waals surface area contributed by atoms with Crippen LogP contribution in [-0.4, -0.2) is 25.8 Å². The lowest BCUT2D eigenvalue weighted by Crippen LogP contribution is -2.24. The normalized spacial score (nSPS) is 11.4. The molecule has 6 nitrogen and oxygen atoms in total. The van der Waals surface area contributed by atoms with E-state index in [0.717, 1.165) is 35.3 Å². The first-order chi connectivity index (χ1) is 14.0. The number of hydrogen-bond acceptors (Lipinski definition) is 6. The van der Waals surface area contributed by atoms with Crippen molar-refractivity contribution in [1.29, 1.82) is 0 Å². The van der Waals surface area contributed by atoms with E-state index in [2.05, 4.69) is 4.74 Å². The molecule has 6 heteroatoms. The monoisotopic (exact) mass is 400 g/mol. The van der Waals surface area contributed by atoms with Gasteiger partial charge in [0.05, 0.1) is 13.7 Å². The first-order valence-electron chi connectivity index (χ1n) is 9.65. The molecule has 1 atom stereocenters. The quantitative estimate of drug-likeness (QED) is 0.433. The van der Waals surface area contributed by atoms with Crippen molar-refractivity contribution in [2.75, 3.05) is 13.7 Å². The molecule has 2 aromatic carbocycles. The zero-order chi connectivity index (χ0) is 21.2. The maximum Gasteiger partial charge on any atom is 0.509 e. The molecular weight excluding hydrogens is 372 g/mol. The Morgan fingerprint density at radius 2 is 1.83 bits per heavy atom. The second-order valence-corrected chi connectivity index (χ2v) is 6.73. The highest BCUT2D eigenvalue weighted by atomic mass is 16.7. The van der Waals surface area contributed by atoms with Crippen LogP contribution in [-0.2, 0) is 25.6 Å². The number of benzene rings is 2. The molecule has 1 unspecified atom stereocenters. The Hall–Kier alpha value is -3.02. The van der Waals surface area contributed by atoms with E-state index in [1.54, 1.807) is 12.1 Å². The molecule has 0 aliphatic carbocycles. The fourth-order valence-corrected chi connectivity index (χ4v) is 2.72. The highest BCUT2D eigenvalue weighted by Crippen LogP contribution is 2.26. The van der Waals surface area contributed by atoms with Gasteiger partial charge < -0.3 is 18.9 Å². The van der Waals surface area contributed by atoms with Gasteiger partial charge in [0.2, 0.25) is 6.10 Å². The van der Waals surface area contributed by atoms with Crippen molar-refractivity contribution < 1.29 is 28.5 Å². The summed E-state index contributed by atoms with van der Waals surface area (Å²) in [5, 5.41) is 0. The smallest absolute Gasteiger partial charge is 0.489 e. The Kier molecular flexibility index (Phi) is 8.52. The molecule has 0 aliphatic heterocycles. The highest BCUT2D eigenvalue weighted by Gasteiger charge is 2.29. The first kappa shape index (κ1) is 22.3. The molecule has 0 saturated heterocycles. The molecule has 0 N–H and O–H groups in total. The van der Waals surface area contributed by atoms with Gasteiger partial charge >= 0.3 is 12.1 Å². The molecule has 2 rings (SSSR count). The molecular formula is C23H28O6. The summed E-state index contributed by atoms with van der Waals surface area (Å²) in [4.78, 5) is 24.3. The predicted molar refractivity (Wildman–Crippen MR) is 109 cm³/mol. The van der Waals surface area contributed by atoms with Gasteiger partial charge in [-0.2, -0.15) is 0 Å². The van der Waals surface area contributed by atoms with Crippen LogP contribution in [0.5, 0.6) is 5.75 Å². The van der Waals surface area contributed by atoms with E-state index in [4.69, 9.17) is 14.2 Å². The first-order valence-corrected chi connectivity index (χ1v) is 9.65. The second kappa shape index (κ2) is 11.1. The summed E-state index contributed by atoms with van der Waals surface area (Å²) < 4.78 is 21.1. The molecule has 0 radical (unpaired) electrons. The number of rotatable bonds is 9. The van der Waals surface area contributed by atoms with E-state index in [1.165, 1.54) is 7.11 Å². The molecule has 0 bridgehead atoms. The van der Waals surface area contributed by atoms with Crippen molar-refractivity contribution in [2.24, 2.45) is 0 Å². The lowest BCUT2D eigenvalue weighted by molar-refractivity contribution is -0.155. The molecule has 0 fully saturated rings. The molecule has 0 amide bonds. The van der Waals surface area contributed by atoms with Crippen molar-refractivity contribution in [3.63, 3.8) is 0 Å². The summed E-state index contributed by atoms with van der Waals surface area (Å²) in [6, 6.07) is 13.1. The van der Waals surface area contributed by atoms with Crippen LogP contribution in [0.4, 0.5) is 4.79 Å². The Balaban J connectivity index is 2.25. The van der Waals surface area contributed by atoms with Gasteiger partial charge in [-0.15, -0.1) is 0 Å². The van der Waals surface area contributed by atoms with Crippen molar-refractivity contribution in [1.82, 2.24) is 0 Å². The summed E-state index contributed by atoms with van der Waals surface area (Å²) in [6.45, 7) is 6.43. The number of unbranched alkanes of at least 4 members (excludes halogenated alkanes) is 1. The summed E-state index contributed by atoms with van der Waals surface area (Å²) >= 11 is 0. The van der Waals surface area contributed by atoms with Gasteiger partial charge in [0.25, 0.3) is 0 Å². The van der Waals surface area contributed by atoms with Crippen LogP contribution >= 0.6 is 0 Å². The van der Waals surface area contributed by atoms with Crippen LogP contribution in [0.2, 0.25) is 0 Å². The fourth-order valence-electron chi connectivity index (χ4n) is 2.72. The summed E-state index contributed by atoms with van der Waals surface area (Å²) in [5.74, 6) is 0.124. The van der Waals surface area contributed by atoms with E-state index in [9.17, 15) is 9.59 Å². The average molecular weight is 400 g/mol. The number of ether oxygens (including phenoxy) is 4. The Bertz CT molecular complexity index is 830. The van der Waals surface area contributed by atoms with E-state index in [1.807, 2.05) is 51.1 Å². The van der Waals surface area contributed by atoms with Gasteiger partial charge in [0.15, 0.2) is 0 Å². The standard InChI is InChI=1S/C23H28O6/c1-5-6-13-27-22(24)21(29-23(25)26-4)19-10-8-7-9-18(19)15-28-20-14-16(2)11-12-17(20)3/h7-12,14,21H,5-6,13,15H2,1-4H3. The van der Waals surface area contributed by atoms with Gasteiger partial charge in [-0.1, -0.05) is 49.7 Å². The number of carbonyl (C=O) groups is 2. The van der Waals surface area contributed by atoms with Crippen LogP contribution in [0.25, 0.3) is 0 Å². The minimum Gasteiger partial charge on any atom is -0.489 e.